The van der Waals surface area contributed by atoms with E-state index in [-0.39, 0.29) is 18.6 Å². The maximum atomic E-state index is 12.9. The summed E-state index contributed by atoms with van der Waals surface area (Å²) in [6, 6.07) is -2.56. The molecule has 0 saturated carbocycles. The van der Waals surface area contributed by atoms with Crippen LogP contribution in [0.1, 0.15) is 67.7 Å². The minimum atomic E-state index is -1.68. The zero-order chi connectivity index (χ0) is 33.0. The summed E-state index contributed by atoms with van der Waals surface area (Å²) in [5.41, 5.74) is -1.62. The van der Waals surface area contributed by atoms with Gasteiger partial charge in [0.1, 0.15) is 54.0 Å². The van der Waals surface area contributed by atoms with Gasteiger partial charge in [-0.1, -0.05) is 25.7 Å². The molecular formula is C29H46N2O12. The number of carbonyl (C=O) groups excluding carboxylic acids is 4. The Labute approximate surface area is 252 Å². The van der Waals surface area contributed by atoms with E-state index in [1.54, 1.807) is 48.5 Å². The van der Waals surface area contributed by atoms with E-state index < -0.39 is 78.6 Å². The van der Waals surface area contributed by atoms with Gasteiger partial charge in [0.15, 0.2) is 6.29 Å². The quantitative estimate of drug-likeness (QED) is 0.0930. The van der Waals surface area contributed by atoms with E-state index in [9.17, 15) is 34.5 Å². The third-order valence-electron chi connectivity index (χ3n) is 5.45. The molecule has 14 heteroatoms. The smallest absolute Gasteiger partial charge is 0.461 e. The van der Waals surface area contributed by atoms with Crippen LogP contribution >= 0.6 is 0 Å². The second-order valence-electron chi connectivity index (χ2n) is 11.7. The standard InChI is InChI=1S/C29H46N2O12/c1-9-13-20(32)31-21-23(34)22(33)19(41-25(21)36)16-39-24(35)18(30-26(37)42-28(3,4)5)15-12-11-14-17(10-2)40-27(38)43-29(6,7)8/h10-12,14,18-19,21-23,25,33-34,36H,2,9,13,15-16H2,1,3-8H3,(H,30,37)(H,31,32)/b12-11+,17-14+/t18-,19+,21+,22+,23+,25?/m0/s1. The van der Waals surface area contributed by atoms with Crippen LogP contribution < -0.4 is 10.6 Å². The molecule has 14 nitrogen and oxygen atoms in total. The van der Waals surface area contributed by atoms with Crippen LogP contribution in [0.3, 0.4) is 0 Å². The first-order chi connectivity index (χ1) is 19.9. The van der Waals surface area contributed by atoms with Crippen molar-refractivity contribution in [1.82, 2.24) is 10.6 Å². The van der Waals surface area contributed by atoms with Crippen molar-refractivity contribution in [3.63, 3.8) is 0 Å². The molecule has 1 aliphatic rings. The van der Waals surface area contributed by atoms with Gasteiger partial charge in [0.25, 0.3) is 0 Å². The zero-order valence-corrected chi connectivity index (χ0v) is 25.8. The van der Waals surface area contributed by atoms with E-state index in [4.69, 9.17) is 23.7 Å². The van der Waals surface area contributed by atoms with Gasteiger partial charge in [-0.3, -0.25) is 4.79 Å². The van der Waals surface area contributed by atoms with E-state index in [0.29, 0.717) is 6.42 Å². The molecule has 0 radical (unpaired) electrons. The minimum Gasteiger partial charge on any atom is -0.461 e. The molecular weight excluding hydrogens is 568 g/mol. The Morgan fingerprint density at radius 2 is 1.63 bits per heavy atom. The number of rotatable bonds is 12. The lowest BCUT2D eigenvalue weighted by Gasteiger charge is -2.40. The average Bonchev–Trinajstić information content (AvgIpc) is 2.86. The second kappa shape index (κ2) is 17.0. The summed E-state index contributed by atoms with van der Waals surface area (Å²) in [6.45, 7) is 14.7. The molecule has 0 bridgehead atoms. The normalized spacial score (nSPS) is 23.6. The summed E-state index contributed by atoms with van der Waals surface area (Å²) >= 11 is 0. The molecule has 2 amide bonds. The highest BCUT2D eigenvalue weighted by Crippen LogP contribution is 2.21. The molecule has 1 fully saturated rings. The summed E-state index contributed by atoms with van der Waals surface area (Å²) in [4.78, 5) is 49.1. The number of aliphatic hydroxyl groups is 3. The van der Waals surface area contributed by atoms with Gasteiger partial charge >= 0.3 is 18.2 Å². The Morgan fingerprint density at radius 3 is 2.19 bits per heavy atom. The maximum absolute atomic E-state index is 12.9. The van der Waals surface area contributed by atoms with Crippen LogP contribution in [0, 0.1) is 0 Å². The van der Waals surface area contributed by atoms with Crippen molar-refractivity contribution < 1.29 is 58.2 Å². The van der Waals surface area contributed by atoms with Crippen molar-refractivity contribution in [3.05, 3.63) is 36.6 Å². The van der Waals surface area contributed by atoms with Crippen LogP contribution in [0.4, 0.5) is 9.59 Å². The molecule has 1 aliphatic heterocycles. The summed E-state index contributed by atoms with van der Waals surface area (Å²) in [6.07, 6.45) is -1.91. The number of alkyl carbamates (subject to hydrolysis) is 1. The fourth-order valence-corrected chi connectivity index (χ4v) is 3.54. The fraction of sp³-hybridized carbons (Fsp3) is 0.655. The van der Waals surface area contributed by atoms with Gasteiger partial charge in [-0.25, -0.2) is 14.4 Å². The highest BCUT2D eigenvalue weighted by atomic mass is 16.7. The van der Waals surface area contributed by atoms with Crippen molar-refractivity contribution in [2.24, 2.45) is 0 Å². The number of ether oxygens (including phenoxy) is 5. The predicted molar refractivity (Wildman–Crippen MR) is 153 cm³/mol. The summed E-state index contributed by atoms with van der Waals surface area (Å²) in [5, 5.41) is 36.0. The highest BCUT2D eigenvalue weighted by molar-refractivity contribution is 5.81. The van der Waals surface area contributed by atoms with Crippen LogP contribution in [0.2, 0.25) is 0 Å². The fourth-order valence-electron chi connectivity index (χ4n) is 3.54. The van der Waals surface area contributed by atoms with Crippen LogP contribution in [-0.4, -0.2) is 93.9 Å². The minimum absolute atomic E-state index is 0.0643. The maximum Gasteiger partial charge on any atom is 0.514 e. The van der Waals surface area contributed by atoms with Crippen molar-refractivity contribution in [1.29, 1.82) is 0 Å². The highest BCUT2D eigenvalue weighted by Gasteiger charge is 2.45. The SMILES string of the molecule is C=C/C(=C\C=C\C[C@H](NC(=O)OC(C)(C)C)C(=O)OC[C@H]1OC(O)[C@H](NC(=O)CCC)[C@@H](O)[C@@H]1O)OC(=O)OC(C)(C)C. The third-order valence-corrected chi connectivity index (χ3v) is 5.45. The van der Waals surface area contributed by atoms with Gasteiger partial charge in [-0.15, -0.1) is 0 Å². The molecule has 1 rings (SSSR count). The molecule has 43 heavy (non-hydrogen) atoms. The molecule has 0 spiro atoms. The van der Waals surface area contributed by atoms with Gasteiger partial charge in [0, 0.05) is 6.42 Å². The molecule has 0 aromatic heterocycles. The van der Waals surface area contributed by atoms with Gasteiger partial charge in [0.2, 0.25) is 5.91 Å². The molecule has 1 unspecified atom stereocenters. The van der Waals surface area contributed by atoms with Crippen molar-refractivity contribution in [2.45, 2.75) is 116 Å². The lowest BCUT2D eigenvalue weighted by molar-refractivity contribution is -0.255. The Balaban J connectivity index is 2.92. The zero-order valence-electron chi connectivity index (χ0n) is 25.8. The van der Waals surface area contributed by atoms with Gasteiger partial charge < -0.3 is 49.6 Å². The van der Waals surface area contributed by atoms with Crippen LogP contribution in [0.15, 0.2) is 36.6 Å². The molecule has 5 N–H and O–H groups in total. The first-order valence-corrected chi connectivity index (χ1v) is 13.9. The first kappa shape index (κ1) is 37.6. The molecule has 0 aromatic carbocycles. The number of carbonyl (C=O) groups is 4. The van der Waals surface area contributed by atoms with Crippen LogP contribution in [-0.2, 0) is 33.3 Å². The summed E-state index contributed by atoms with van der Waals surface area (Å²) in [5.74, 6) is -1.32. The number of hydrogen-bond donors (Lipinski definition) is 5. The van der Waals surface area contributed by atoms with E-state index in [1.165, 1.54) is 24.3 Å². The average molecular weight is 615 g/mol. The molecule has 6 atom stereocenters. The largest absolute Gasteiger partial charge is 0.514 e. The Hall–Kier alpha value is -3.46. The first-order valence-electron chi connectivity index (χ1n) is 13.9. The van der Waals surface area contributed by atoms with Crippen molar-refractivity contribution >= 4 is 24.1 Å². The topological polar surface area (TPSA) is 199 Å². The molecule has 0 aliphatic carbocycles. The van der Waals surface area contributed by atoms with Gasteiger partial charge in [-0.05, 0) is 66.5 Å². The molecule has 0 aromatic rings. The number of esters is 1. The van der Waals surface area contributed by atoms with E-state index in [0.717, 1.165) is 0 Å². The number of nitrogens with one attached hydrogen (secondary N) is 2. The predicted octanol–water partition coefficient (Wildman–Crippen LogP) is 2.11. The van der Waals surface area contributed by atoms with Crippen molar-refractivity contribution in [2.75, 3.05) is 6.61 Å². The summed E-state index contributed by atoms with van der Waals surface area (Å²) < 4.78 is 25.9. The number of hydrogen-bond acceptors (Lipinski definition) is 12. The monoisotopic (exact) mass is 614 g/mol. The van der Waals surface area contributed by atoms with Crippen LogP contribution in [0.25, 0.3) is 0 Å². The lowest BCUT2D eigenvalue weighted by Crippen LogP contribution is -2.64. The third kappa shape index (κ3) is 14.5. The van der Waals surface area contributed by atoms with Gasteiger partial charge in [0.05, 0.1) is 0 Å². The van der Waals surface area contributed by atoms with Gasteiger partial charge in [-0.2, -0.15) is 0 Å². The lowest BCUT2D eigenvalue weighted by atomic mass is 9.97. The van der Waals surface area contributed by atoms with E-state index >= 15 is 0 Å². The van der Waals surface area contributed by atoms with Crippen molar-refractivity contribution in [3.8, 4) is 0 Å². The second-order valence-corrected chi connectivity index (χ2v) is 11.7. The number of allylic oxidation sites excluding steroid dienone is 3. The molecule has 244 valence electrons. The Bertz CT molecular complexity index is 1030. The molecule has 1 heterocycles. The molecule has 1 saturated heterocycles. The van der Waals surface area contributed by atoms with E-state index in [2.05, 4.69) is 17.2 Å². The Morgan fingerprint density at radius 1 is 1.00 bits per heavy atom. The summed E-state index contributed by atoms with van der Waals surface area (Å²) in [7, 11) is 0. The Kier molecular flexibility index (Phi) is 14.8. The van der Waals surface area contributed by atoms with E-state index in [1.807, 2.05) is 0 Å². The number of aliphatic hydroxyl groups excluding tert-OH is 3. The van der Waals surface area contributed by atoms with Crippen LogP contribution in [0.5, 0.6) is 0 Å². The number of amides is 2.